The molecular formula is C13H20N2O3S. The van der Waals surface area contributed by atoms with E-state index in [1.807, 2.05) is 13.0 Å². The van der Waals surface area contributed by atoms with Gasteiger partial charge >= 0.3 is 0 Å². The van der Waals surface area contributed by atoms with Crippen molar-refractivity contribution in [2.24, 2.45) is 5.73 Å². The summed E-state index contributed by atoms with van der Waals surface area (Å²) in [6.45, 7) is 1.80. The van der Waals surface area contributed by atoms with Gasteiger partial charge in [0.15, 0.2) is 0 Å². The number of aliphatic hydroxyl groups is 1. The van der Waals surface area contributed by atoms with Gasteiger partial charge in [0.25, 0.3) is 0 Å². The molecule has 106 valence electrons. The maximum atomic E-state index is 12.6. The molecule has 1 aromatic carbocycles. The summed E-state index contributed by atoms with van der Waals surface area (Å²) in [6.07, 6.45) is 1.73. The van der Waals surface area contributed by atoms with Gasteiger partial charge in [-0.1, -0.05) is 12.1 Å². The molecule has 0 bridgehead atoms. The Morgan fingerprint density at radius 3 is 2.68 bits per heavy atom. The minimum Gasteiger partial charge on any atom is -0.395 e. The predicted molar refractivity (Wildman–Crippen MR) is 73.0 cm³/mol. The third kappa shape index (κ3) is 3.14. The zero-order valence-corrected chi connectivity index (χ0v) is 11.8. The number of hydrogen-bond donors (Lipinski definition) is 2. The zero-order valence-electron chi connectivity index (χ0n) is 11.0. The summed E-state index contributed by atoms with van der Waals surface area (Å²) in [5.74, 6) is 0. The predicted octanol–water partition coefficient (Wildman–Crippen LogP) is 0.852. The number of benzene rings is 1. The van der Waals surface area contributed by atoms with Gasteiger partial charge in [-0.2, -0.15) is 4.31 Å². The standard InChI is InChI=1S/C13H20N2O3S/c1-10(14)11-3-2-4-13(9-11)19(17,18)15(7-8-16)12-5-6-12/h2-4,9-10,12,16H,5-8,14H2,1H3. The van der Waals surface area contributed by atoms with Crippen molar-refractivity contribution in [3.05, 3.63) is 29.8 Å². The van der Waals surface area contributed by atoms with E-state index in [9.17, 15) is 8.42 Å². The van der Waals surface area contributed by atoms with Crippen LogP contribution in [0.25, 0.3) is 0 Å². The lowest BCUT2D eigenvalue weighted by Gasteiger charge is -2.21. The van der Waals surface area contributed by atoms with Crippen LogP contribution in [0, 0.1) is 0 Å². The number of rotatable bonds is 6. The first-order chi connectivity index (χ1) is 8.96. The minimum absolute atomic E-state index is 0.0381. The molecule has 1 aliphatic carbocycles. The first-order valence-corrected chi connectivity index (χ1v) is 7.89. The summed E-state index contributed by atoms with van der Waals surface area (Å²) in [7, 11) is -3.54. The molecule has 1 aromatic rings. The van der Waals surface area contributed by atoms with Crippen LogP contribution in [0.4, 0.5) is 0 Å². The van der Waals surface area contributed by atoms with Crippen molar-refractivity contribution < 1.29 is 13.5 Å². The first kappa shape index (κ1) is 14.5. The largest absolute Gasteiger partial charge is 0.395 e. The van der Waals surface area contributed by atoms with E-state index in [1.165, 1.54) is 4.31 Å². The van der Waals surface area contributed by atoms with Gasteiger partial charge in [-0.3, -0.25) is 0 Å². The fourth-order valence-electron chi connectivity index (χ4n) is 2.05. The van der Waals surface area contributed by atoms with Gasteiger partial charge in [-0.15, -0.1) is 0 Å². The highest BCUT2D eigenvalue weighted by Gasteiger charge is 2.37. The maximum absolute atomic E-state index is 12.6. The van der Waals surface area contributed by atoms with Crippen LogP contribution >= 0.6 is 0 Å². The lowest BCUT2D eigenvalue weighted by molar-refractivity contribution is 0.250. The first-order valence-electron chi connectivity index (χ1n) is 6.45. The number of sulfonamides is 1. The Hall–Kier alpha value is -0.950. The van der Waals surface area contributed by atoms with Crippen LogP contribution < -0.4 is 5.73 Å². The Balaban J connectivity index is 2.34. The van der Waals surface area contributed by atoms with E-state index >= 15 is 0 Å². The SMILES string of the molecule is CC(N)c1cccc(S(=O)(=O)N(CCO)C2CC2)c1. The number of nitrogens with zero attached hydrogens (tertiary/aromatic N) is 1. The third-order valence-corrected chi connectivity index (χ3v) is 5.21. The van der Waals surface area contributed by atoms with E-state index in [2.05, 4.69) is 0 Å². The summed E-state index contributed by atoms with van der Waals surface area (Å²) in [4.78, 5) is 0.252. The molecule has 6 heteroatoms. The molecule has 0 aliphatic heterocycles. The molecule has 0 spiro atoms. The van der Waals surface area contributed by atoms with E-state index in [4.69, 9.17) is 10.8 Å². The van der Waals surface area contributed by atoms with Crippen molar-refractivity contribution in [1.29, 1.82) is 0 Å². The molecule has 0 saturated heterocycles. The van der Waals surface area contributed by atoms with Gasteiger partial charge in [0.2, 0.25) is 10.0 Å². The maximum Gasteiger partial charge on any atom is 0.243 e. The van der Waals surface area contributed by atoms with Gasteiger partial charge in [0.05, 0.1) is 11.5 Å². The molecule has 3 N–H and O–H groups in total. The molecule has 5 nitrogen and oxygen atoms in total. The lowest BCUT2D eigenvalue weighted by Crippen LogP contribution is -2.35. The molecule has 1 saturated carbocycles. The van der Waals surface area contributed by atoms with Crippen molar-refractivity contribution >= 4 is 10.0 Å². The molecule has 1 unspecified atom stereocenters. The van der Waals surface area contributed by atoms with Crippen LogP contribution in [0.1, 0.15) is 31.4 Å². The molecule has 2 rings (SSSR count). The summed E-state index contributed by atoms with van der Waals surface area (Å²) in [5, 5.41) is 9.04. The van der Waals surface area contributed by atoms with Crippen LogP contribution in [0.5, 0.6) is 0 Å². The second-order valence-electron chi connectivity index (χ2n) is 4.93. The quantitative estimate of drug-likeness (QED) is 0.811. The highest BCUT2D eigenvalue weighted by atomic mass is 32.2. The summed E-state index contributed by atoms with van der Waals surface area (Å²) in [5.41, 5.74) is 6.58. The highest BCUT2D eigenvalue weighted by molar-refractivity contribution is 7.89. The molecule has 1 fully saturated rings. The fraction of sp³-hybridized carbons (Fsp3) is 0.538. The van der Waals surface area contributed by atoms with Gasteiger partial charge < -0.3 is 10.8 Å². The molecule has 1 atom stereocenters. The second kappa shape index (κ2) is 5.58. The number of nitrogens with two attached hydrogens (primary N) is 1. The van der Waals surface area contributed by atoms with E-state index in [0.717, 1.165) is 18.4 Å². The summed E-state index contributed by atoms with van der Waals surface area (Å²) in [6, 6.07) is 6.55. The molecule has 0 heterocycles. The highest BCUT2D eigenvalue weighted by Crippen LogP contribution is 2.32. The Morgan fingerprint density at radius 1 is 1.47 bits per heavy atom. The van der Waals surface area contributed by atoms with E-state index < -0.39 is 10.0 Å². The Kier molecular flexibility index (Phi) is 4.25. The lowest BCUT2D eigenvalue weighted by atomic mass is 10.1. The third-order valence-electron chi connectivity index (χ3n) is 3.26. The molecular weight excluding hydrogens is 264 g/mol. The average Bonchev–Trinajstić information content (AvgIpc) is 3.20. The van der Waals surface area contributed by atoms with E-state index in [1.54, 1.807) is 18.2 Å². The Labute approximate surface area is 114 Å². The molecule has 19 heavy (non-hydrogen) atoms. The van der Waals surface area contributed by atoms with Crippen LogP contribution in [0.3, 0.4) is 0 Å². The van der Waals surface area contributed by atoms with Crippen molar-refractivity contribution in [3.8, 4) is 0 Å². The molecule has 0 aromatic heterocycles. The van der Waals surface area contributed by atoms with Gasteiger partial charge in [0, 0.05) is 18.6 Å². The molecule has 0 amide bonds. The smallest absolute Gasteiger partial charge is 0.243 e. The molecule has 0 radical (unpaired) electrons. The molecule has 1 aliphatic rings. The average molecular weight is 284 g/mol. The van der Waals surface area contributed by atoms with Gasteiger partial charge in [-0.05, 0) is 37.5 Å². The summed E-state index contributed by atoms with van der Waals surface area (Å²) >= 11 is 0. The Morgan fingerprint density at radius 2 is 2.16 bits per heavy atom. The van der Waals surface area contributed by atoms with Crippen LogP contribution in [-0.4, -0.2) is 37.0 Å². The zero-order chi connectivity index (χ0) is 14.0. The monoisotopic (exact) mass is 284 g/mol. The normalized spacial score (nSPS) is 17.7. The van der Waals surface area contributed by atoms with Crippen LogP contribution in [0.15, 0.2) is 29.2 Å². The van der Waals surface area contributed by atoms with Crippen molar-refractivity contribution in [1.82, 2.24) is 4.31 Å². The topological polar surface area (TPSA) is 83.6 Å². The van der Waals surface area contributed by atoms with Crippen LogP contribution in [0.2, 0.25) is 0 Å². The second-order valence-corrected chi connectivity index (χ2v) is 6.82. The Bertz CT molecular complexity index is 539. The number of hydrogen-bond acceptors (Lipinski definition) is 4. The number of aliphatic hydroxyl groups excluding tert-OH is 1. The van der Waals surface area contributed by atoms with Gasteiger partial charge in [-0.25, -0.2) is 8.42 Å². The van der Waals surface area contributed by atoms with Crippen molar-refractivity contribution in [2.45, 2.75) is 36.7 Å². The van der Waals surface area contributed by atoms with Crippen LogP contribution in [-0.2, 0) is 10.0 Å². The fourth-order valence-corrected chi connectivity index (χ4v) is 3.79. The van der Waals surface area contributed by atoms with E-state index in [0.29, 0.717) is 0 Å². The van der Waals surface area contributed by atoms with Gasteiger partial charge in [0.1, 0.15) is 0 Å². The van der Waals surface area contributed by atoms with Crippen molar-refractivity contribution in [2.75, 3.05) is 13.2 Å². The van der Waals surface area contributed by atoms with Crippen molar-refractivity contribution in [3.63, 3.8) is 0 Å². The summed E-state index contributed by atoms with van der Waals surface area (Å²) < 4.78 is 26.5. The minimum atomic E-state index is -3.54. The van der Waals surface area contributed by atoms with E-state index in [-0.39, 0.29) is 30.1 Å².